The van der Waals surface area contributed by atoms with Gasteiger partial charge in [0, 0.05) is 75.8 Å². The number of anilines is 1. The van der Waals surface area contributed by atoms with Crippen molar-refractivity contribution >= 4 is 42.1 Å². The number of thiocarbonyl (C=S) groups is 1. The molecule has 226 valence electrons. The van der Waals surface area contributed by atoms with E-state index in [1.165, 1.54) is 0 Å². The highest BCUT2D eigenvalue weighted by atomic mass is 32.1. The fourth-order valence-corrected chi connectivity index (χ4v) is 5.32. The smallest absolute Gasteiger partial charge is 0.198 e. The quantitative estimate of drug-likeness (QED) is 0.0886. The summed E-state index contributed by atoms with van der Waals surface area (Å²) in [5.74, 6) is -2.10. The molecule has 0 radical (unpaired) electrons. The first-order chi connectivity index (χ1) is 20.0. The van der Waals surface area contributed by atoms with Gasteiger partial charge >= 0.3 is 0 Å². The van der Waals surface area contributed by atoms with Crippen LogP contribution in [0.1, 0.15) is 26.3 Å². The predicted octanol–water partition coefficient (Wildman–Crippen LogP) is 6.53. The van der Waals surface area contributed by atoms with Crippen molar-refractivity contribution in [1.82, 2.24) is 24.6 Å². The number of rotatable bonds is 13. The van der Waals surface area contributed by atoms with Gasteiger partial charge in [0.25, 0.3) is 0 Å². The normalized spacial score (nSPS) is 11.8. The molecule has 1 aromatic carbocycles. The Morgan fingerprint density at radius 3 is 2.55 bits per heavy atom. The molecule has 0 aliphatic rings. The number of fused-ring (bicyclic) bond motifs is 1. The van der Waals surface area contributed by atoms with Gasteiger partial charge < -0.3 is 29.8 Å². The fraction of sp³-hybridized carbons (Fsp3) is 0.414. The summed E-state index contributed by atoms with van der Waals surface area (Å²) < 4.78 is 46.2. The van der Waals surface area contributed by atoms with Gasteiger partial charge in [0.2, 0.25) is 0 Å². The molecule has 0 saturated carbocycles. The van der Waals surface area contributed by atoms with E-state index in [1.807, 2.05) is 35.4 Å². The summed E-state index contributed by atoms with van der Waals surface area (Å²) in [4.78, 5) is 4.59. The Labute approximate surface area is 250 Å². The Kier molecular flexibility index (Phi) is 10.3. The molecule has 3 aromatic heterocycles. The number of hydrogen-bond acceptors (Lipinski definition) is 6. The Hall–Kier alpha value is -3.39. The van der Waals surface area contributed by atoms with Crippen molar-refractivity contribution in [3.63, 3.8) is 0 Å². The molecule has 42 heavy (non-hydrogen) atoms. The number of nitrogens with one attached hydrogen (secondary N) is 2. The number of hydrogen-bond donors (Lipinski definition) is 3. The molecule has 3 heterocycles. The van der Waals surface area contributed by atoms with Crippen LogP contribution in [0, 0.1) is 11.6 Å². The van der Waals surface area contributed by atoms with Crippen molar-refractivity contribution in [3.05, 3.63) is 54.5 Å². The van der Waals surface area contributed by atoms with E-state index in [1.54, 1.807) is 18.5 Å². The highest BCUT2D eigenvalue weighted by Gasteiger charge is 2.23. The van der Waals surface area contributed by atoms with Gasteiger partial charge in [-0.15, -0.1) is 0 Å². The number of aromatic nitrogens is 4. The monoisotopic (exact) mass is 616 g/mol. The van der Waals surface area contributed by atoms with Crippen LogP contribution in [0.2, 0.25) is 25.7 Å². The van der Waals surface area contributed by atoms with E-state index >= 15 is 8.78 Å². The molecule has 3 N–H and O–H groups in total. The van der Waals surface area contributed by atoms with E-state index in [-0.39, 0.29) is 35.9 Å². The van der Waals surface area contributed by atoms with Crippen LogP contribution in [0.5, 0.6) is 11.5 Å². The largest absolute Gasteiger partial charge is 0.450 e. The van der Waals surface area contributed by atoms with E-state index in [0.717, 1.165) is 29.4 Å². The third-order valence-corrected chi connectivity index (χ3v) is 8.42. The van der Waals surface area contributed by atoms with Gasteiger partial charge in [-0.2, -0.15) is 5.10 Å². The number of ether oxygens (including phenoxy) is 2. The second kappa shape index (κ2) is 13.7. The lowest BCUT2D eigenvalue weighted by Gasteiger charge is -2.15. The molecular weight excluding hydrogens is 579 g/mol. The van der Waals surface area contributed by atoms with Gasteiger partial charge in [-0.3, -0.25) is 4.68 Å². The Morgan fingerprint density at radius 1 is 1.14 bits per heavy atom. The first-order valence-electron chi connectivity index (χ1n) is 13.9. The van der Waals surface area contributed by atoms with Crippen LogP contribution in [-0.2, 0) is 11.5 Å². The lowest BCUT2D eigenvalue weighted by atomic mass is 10.1. The second-order valence-electron chi connectivity index (χ2n) is 11.5. The van der Waals surface area contributed by atoms with E-state index in [4.69, 9.17) is 26.8 Å². The van der Waals surface area contributed by atoms with E-state index in [2.05, 4.69) is 40.4 Å². The summed E-state index contributed by atoms with van der Waals surface area (Å²) in [5.41, 5.74) is 2.26. The van der Waals surface area contributed by atoms with Crippen LogP contribution in [0.25, 0.3) is 22.3 Å². The van der Waals surface area contributed by atoms with Crippen molar-refractivity contribution in [2.24, 2.45) is 0 Å². The molecule has 0 unspecified atom stereocenters. The molecule has 13 heteroatoms. The molecule has 0 atom stereocenters. The van der Waals surface area contributed by atoms with Gasteiger partial charge in [0.05, 0.1) is 11.1 Å². The highest BCUT2D eigenvalue weighted by molar-refractivity contribution is 7.80. The zero-order chi connectivity index (χ0) is 30.4. The van der Waals surface area contributed by atoms with Gasteiger partial charge in [-0.1, -0.05) is 19.6 Å². The second-order valence-corrected chi connectivity index (χ2v) is 17.5. The number of aliphatic hydroxyl groups is 1. The zero-order valence-corrected chi connectivity index (χ0v) is 26.4. The SMILES string of the molecule is CC(C)n1nccc1-c1cn(COCC[Si](C)(C)C)c2nccc(Oc3c(F)cc(NC(=S)NCCCO)cc3F)c12. The maximum absolute atomic E-state index is 15.3. The fourth-order valence-electron chi connectivity index (χ4n) is 4.34. The Bertz CT molecular complexity index is 1510. The molecule has 0 fully saturated rings. The number of pyridine rings is 1. The van der Waals surface area contributed by atoms with E-state index in [0.29, 0.717) is 30.6 Å². The molecule has 0 amide bonds. The number of benzene rings is 1. The van der Waals surface area contributed by atoms with Crippen molar-refractivity contribution in [1.29, 1.82) is 0 Å². The van der Waals surface area contributed by atoms with Crippen LogP contribution in [0.4, 0.5) is 14.5 Å². The van der Waals surface area contributed by atoms with Gasteiger partial charge in [-0.05, 0) is 50.7 Å². The van der Waals surface area contributed by atoms with E-state index < -0.39 is 25.5 Å². The van der Waals surface area contributed by atoms with Crippen LogP contribution in [-0.4, -0.2) is 57.4 Å². The average Bonchev–Trinajstić information content (AvgIpc) is 3.54. The molecule has 0 aliphatic heterocycles. The van der Waals surface area contributed by atoms with Gasteiger partial charge in [-0.25, -0.2) is 13.8 Å². The van der Waals surface area contributed by atoms with Gasteiger partial charge in [0.15, 0.2) is 22.5 Å². The molecule has 0 spiro atoms. The van der Waals surface area contributed by atoms with Crippen LogP contribution >= 0.6 is 12.2 Å². The predicted molar refractivity (Wildman–Crippen MR) is 168 cm³/mol. The standard InChI is InChI=1S/C29H38F2N6O3SSi/c1-19(2)37-24(7-11-34-37)21-17-36(18-39-13-14-42(3,4)5)28-26(21)25(8-10-32-28)40-27-22(30)15-20(16-23(27)31)35-29(41)33-9-6-12-38/h7-8,10-11,15-17,19,38H,6,9,12-14,18H2,1-5H3,(H2,33,35,41). The number of nitrogens with zero attached hydrogens (tertiary/aromatic N) is 4. The van der Waals surface area contributed by atoms with Crippen LogP contribution in [0.3, 0.4) is 0 Å². The average molecular weight is 617 g/mol. The van der Waals surface area contributed by atoms with Gasteiger partial charge in [0.1, 0.15) is 18.1 Å². The molecule has 0 saturated heterocycles. The summed E-state index contributed by atoms with van der Waals surface area (Å²) in [6.07, 6.45) is 5.67. The van der Waals surface area contributed by atoms with Crippen molar-refractivity contribution in [2.75, 3.05) is 25.1 Å². The first kappa shape index (κ1) is 31.5. The van der Waals surface area contributed by atoms with Crippen LogP contribution < -0.4 is 15.4 Å². The summed E-state index contributed by atoms with van der Waals surface area (Å²) in [6, 6.07) is 6.80. The van der Waals surface area contributed by atoms with E-state index in [9.17, 15) is 0 Å². The minimum absolute atomic E-state index is 0.00368. The minimum atomic E-state index is -1.27. The number of halogens is 2. The minimum Gasteiger partial charge on any atom is -0.450 e. The van der Waals surface area contributed by atoms with Crippen LogP contribution in [0.15, 0.2) is 42.9 Å². The van der Waals surface area contributed by atoms with Crippen molar-refractivity contribution in [3.8, 4) is 22.8 Å². The number of aliphatic hydroxyl groups excluding tert-OH is 1. The third kappa shape index (κ3) is 7.71. The summed E-state index contributed by atoms with van der Waals surface area (Å²) in [7, 11) is -1.27. The summed E-state index contributed by atoms with van der Waals surface area (Å²) >= 11 is 5.16. The molecule has 0 aliphatic carbocycles. The summed E-state index contributed by atoms with van der Waals surface area (Å²) in [6.45, 7) is 12.3. The first-order valence-corrected chi connectivity index (χ1v) is 18.0. The topological polar surface area (TPSA) is 98.4 Å². The van der Waals surface area contributed by atoms with Crippen molar-refractivity contribution < 1.29 is 23.4 Å². The Morgan fingerprint density at radius 2 is 1.88 bits per heavy atom. The maximum Gasteiger partial charge on any atom is 0.198 e. The Balaban J connectivity index is 1.69. The lowest BCUT2D eigenvalue weighted by molar-refractivity contribution is 0.0899. The highest BCUT2D eigenvalue weighted by Crippen LogP contribution is 2.40. The summed E-state index contributed by atoms with van der Waals surface area (Å²) in [5, 5.41) is 19.8. The molecule has 0 bridgehead atoms. The molecule has 9 nitrogen and oxygen atoms in total. The maximum atomic E-state index is 15.3. The lowest BCUT2D eigenvalue weighted by Crippen LogP contribution is -2.29. The molecule has 4 aromatic rings. The molecule has 4 rings (SSSR count). The zero-order valence-electron chi connectivity index (χ0n) is 24.6. The van der Waals surface area contributed by atoms with Crippen molar-refractivity contribution in [2.45, 2.75) is 58.7 Å². The third-order valence-electron chi connectivity index (χ3n) is 6.47. The molecular formula is C29H38F2N6O3SSi.